The van der Waals surface area contributed by atoms with Crippen molar-refractivity contribution in [2.75, 3.05) is 13.2 Å². The lowest BCUT2D eigenvalue weighted by molar-refractivity contribution is 0.196. The molecule has 0 saturated heterocycles. The van der Waals surface area contributed by atoms with Gasteiger partial charge in [-0.1, -0.05) is 6.07 Å². The van der Waals surface area contributed by atoms with E-state index >= 15 is 0 Å². The lowest BCUT2D eigenvalue weighted by Gasteiger charge is -2.03. The zero-order valence-electron chi connectivity index (χ0n) is 6.73. The SMILES string of the molecule is NCc1cccc(OCCO)n1. The number of rotatable bonds is 4. The van der Waals surface area contributed by atoms with Gasteiger partial charge in [-0.05, 0) is 6.07 Å². The van der Waals surface area contributed by atoms with Crippen LogP contribution in [0.25, 0.3) is 0 Å². The lowest BCUT2D eigenvalue weighted by Crippen LogP contribution is -2.05. The molecule has 0 amide bonds. The highest BCUT2D eigenvalue weighted by molar-refractivity contribution is 5.15. The predicted molar refractivity (Wildman–Crippen MR) is 44.7 cm³/mol. The summed E-state index contributed by atoms with van der Waals surface area (Å²) in [5, 5.41) is 8.48. The Morgan fingerprint density at radius 3 is 3.00 bits per heavy atom. The number of aliphatic hydroxyl groups excluding tert-OH is 1. The average molecular weight is 168 g/mol. The van der Waals surface area contributed by atoms with E-state index in [9.17, 15) is 0 Å². The fourth-order valence-corrected chi connectivity index (χ4v) is 0.802. The van der Waals surface area contributed by atoms with Crippen molar-refractivity contribution in [2.24, 2.45) is 5.73 Å². The van der Waals surface area contributed by atoms with Gasteiger partial charge in [0.1, 0.15) is 6.61 Å². The van der Waals surface area contributed by atoms with Gasteiger partial charge in [0.15, 0.2) is 0 Å². The number of nitrogens with two attached hydrogens (primary N) is 1. The van der Waals surface area contributed by atoms with Gasteiger partial charge in [0, 0.05) is 12.6 Å². The Bertz CT molecular complexity index is 240. The van der Waals surface area contributed by atoms with Crippen LogP contribution in [0.5, 0.6) is 5.88 Å². The molecule has 0 aromatic carbocycles. The van der Waals surface area contributed by atoms with Crippen LogP contribution in [0.1, 0.15) is 5.69 Å². The molecule has 3 N–H and O–H groups in total. The number of aliphatic hydroxyl groups is 1. The number of aromatic nitrogens is 1. The third-order valence-corrected chi connectivity index (χ3v) is 1.33. The summed E-state index contributed by atoms with van der Waals surface area (Å²) in [6.07, 6.45) is 0. The van der Waals surface area contributed by atoms with Crippen LogP contribution in [0.15, 0.2) is 18.2 Å². The molecule has 0 atom stereocenters. The maximum absolute atomic E-state index is 8.48. The monoisotopic (exact) mass is 168 g/mol. The van der Waals surface area contributed by atoms with Gasteiger partial charge in [-0.3, -0.25) is 0 Å². The van der Waals surface area contributed by atoms with Crippen LogP contribution in [-0.2, 0) is 6.54 Å². The number of hydrogen-bond donors (Lipinski definition) is 2. The maximum atomic E-state index is 8.48. The Labute approximate surface area is 71.0 Å². The largest absolute Gasteiger partial charge is 0.475 e. The molecule has 0 aliphatic carbocycles. The van der Waals surface area contributed by atoms with E-state index in [0.29, 0.717) is 12.4 Å². The summed E-state index contributed by atoms with van der Waals surface area (Å²) in [4.78, 5) is 4.07. The zero-order chi connectivity index (χ0) is 8.81. The smallest absolute Gasteiger partial charge is 0.213 e. The van der Waals surface area contributed by atoms with Crippen LogP contribution in [0.4, 0.5) is 0 Å². The normalized spacial score (nSPS) is 9.83. The van der Waals surface area contributed by atoms with Crippen LogP contribution in [-0.4, -0.2) is 23.3 Å². The molecule has 1 rings (SSSR count). The van der Waals surface area contributed by atoms with Crippen molar-refractivity contribution in [3.05, 3.63) is 23.9 Å². The molecular formula is C8H12N2O2. The summed E-state index contributed by atoms with van der Waals surface area (Å²) in [7, 11) is 0. The van der Waals surface area contributed by atoms with Crippen molar-refractivity contribution >= 4 is 0 Å². The molecule has 0 saturated carbocycles. The van der Waals surface area contributed by atoms with Crippen LogP contribution in [0.3, 0.4) is 0 Å². The van der Waals surface area contributed by atoms with Gasteiger partial charge in [-0.2, -0.15) is 0 Å². The first kappa shape index (κ1) is 8.96. The highest BCUT2D eigenvalue weighted by Gasteiger charge is 1.95. The van der Waals surface area contributed by atoms with Crippen molar-refractivity contribution in [3.63, 3.8) is 0 Å². The molecule has 1 aromatic rings. The first-order valence-electron chi connectivity index (χ1n) is 3.76. The summed E-state index contributed by atoms with van der Waals surface area (Å²) in [6, 6.07) is 5.38. The zero-order valence-corrected chi connectivity index (χ0v) is 6.73. The van der Waals surface area contributed by atoms with Gasteiger partial charge >= 0.3 is 0 Å². The fourth-order valence-electron chi connectivity index (χ4n) is 0.802. The molecule has 4 nitrogen and oxygen atoms in total. The van der Waals surface area contributed by atoms with E-state index in [1.807, 2.05) is 12.1 Å². The summed E-state index contributed by atoms with van der Waals surface area (Å²) in [6.45, 7) is 0.659. The minimum atomic E-state index is -0.00542. The minimum absolute atomic E-state index is 0.00542. The molecular weight excluding hydrogens is 156 g/mol. The topological polar surface area (TPSA) is 68.4 Å². The second kappa shape index (κ2) is 4.69. The summed E-state index contributed by atoms with van der Waals surface area (Å²) in [5.74, 6) is 0.506. The van der Waals surface area contributed by atoms with E-state index < -0.39 is 0 Å². The van der Waals surface area contributed by atoms with Crippen molar-refractivity contribution in [1.82, 2.24) is 4.98 Å². The Balaban J connectivity index is 2.60. The molecule has 0 unspecified atom stereocenters. The minimum Gasteiger partial charge on any atom is -0.475 e. The predicted octanol–water partition coefficient (Wildman–Crippen LogP) is -0.0886. The van der Waals surface area contributed by atoms with E-state index in [2.05, 4.69) is 4.98 Å². The van der Waals surface area contributed by atoms with E-state index in [4.69, 9.17) is 15.6 Å². The highest BCUT2D eigenvalue weighted by Crippen LogP contribution is 2.06. The van der Waals surface area contributed by atoms with Crippen LogP contribution >= 0.6 is 0 Å². The van der Waals surface area contributed by atoms with Crippen molar-refractivity contribution in [3.8, 4) is 5.88 Å². The Hall–Kier alpha value is -1.13. The molecule has 0 aliphatic heterocycles. The average Bonchev–Trinajstić information content (AvgIpc) is 2.15. The molecule has 1 aromatic heterocycles. The maximum Gasteiger partial charge on any atom is 0.213 e. The van der Waals surface area contributed by atoms with Gasteiger partial charge in [0.05, 0.1) is 12.3 Å². The van der Waals surface area contributed by atoms with Gasteiger partial charge in [0.25, 0.3) is 0 Å². The van der Waals surface area contributed by atoms with E-state index in [1.165, 1.54) is 0 Å². The van der Waals surface area contributed by atoms with E-state index in [1.54, 1.807) is 6.07 Å². The van der Waals surface area contributed by atoms with Crippen LogP contribution in [0, 0.1) is 0 Å². The van der Waals surface area contributed by atoms with Crippen LogP contribution < -0.4 is 10.5 Å². The molecule has 66 valence electrons. The standard InChI is InChI=1S/C8H12N2O2/c9-6-7-2-1-3-8(10-7)12-5-4-11/h1-3,11H,4-6,9H2. The molecule has 12 heavy (non-hydrogen) atoms. The van der Waals surface area contributed by atoms with E-state index in [0.717, 1.165) is 5.69 Å². The molecule has 4 heteroatoms. The molecule has 0 bridgehead atoms. The van der Waals surface area contributed by atoms with Crippen molar-refractivity contribution in [2.45, 2.75) is 6.54 Å². The fraction of sp³-hybridized carbons (Fsp3) is 0.375. The summed E-state index contributed by atoms with van der Waals surface area (Å²) in [5.41, 5.74) is 6.16. The second-order valence-corrected chi connectivity index (χ2v) is 2.24. The third-order valence-electron chi connectivity index (χ3n) is 1.33. The number of pyridine rings is 1. The number of ether oxygens (including phenoxy) is 1. The van der Waals surface area contributed by atoms with Gasteiger partial charge in [-0.15, -0.1) is 0 Å². The summed E-state index contributed by atoms with van der Waals surface area (Å²) < 4.78 is 5.08. The Morgan fingerprint density at radius 1 is 1.50 bits per heavy atom. The lowest BCUT2D eigenvalue weighted by atomic mass is 10.3. The number of hydrogen-bond acceptors (Lipinski definition) is 4. The summed E-state index contributed by atoms with van der Waals surface area (Å²) >= 11 is 0. The highest BCUT2D eigenvalue weighted by atomic mass is 16.5. The first-order valence-corrected chi connectivity index (χ1v) is 3.76. The van der Waals surface area contributed by atoms with Crippen LogP contribution in [0.2, 0.25) is 0 Å². The van der Waals surface area contributed by atoms with Gasteiger partial charge in [0.2, 0.25) is 5.88 Å². The molecule has 0 aliphatic rings. The van der Waals surface area contributed by atoms with Crippen molar-refractivity contribution < 1.29 is 9.84 Å². The molecule has 0 spiro atoms. The molecule has 1 heterocycles. The number of nitrogens with zero attached hydrogens (tertiary/aromatic N) is 1. The Kier molecular flexibility index (Phi) is 3.50. The second-order valence-electron chi connectivity index (χ2n) is 2.24. The first-order chi connectivity index (χ1) is 5.86. The molecule has 0 fully saturated rings. The Morgan fingerprint density at radius 2 is 2.33 bits per heavy atom. The van der Waals surface area contributed by atoms with E-state index in [-0.39, 0.29) is 13.2 Å². The quantitative estimate of drug-likeness (QED) is 0.659. The van der Waals surface area contributed by atoms with Crippen molar-refractivity contribution in [1.29, 1.82) is 0 Å². The third kappa shape index (κ3) is 2.48. The van der Waals surface area contributed by atoms with Gasteiger partial charge in [-0.25, -0.2) is 4.98 Å². The van der Waals surface area contributed by atoms with Gasteiger partial charge < -0.3 is 15.6 Å². The molecule has 0 radical (unpaired) electrons.